The Balaban J connectivity index is 2.39. The fourth-order valence-electron chi connectivity index (χ4n) is 1.54. The van der Waals surface area contributed by atoms with Crippen LogP contribution in [0.4, 0.5) is 18.9 Å². The monoisotopic (exact) mass is 234 g/mol. The first-order chi connectivity index (χ1) is 7.38. The van der Waals surface area contributed by atoms with Gasteiger partial charge in [0.05, 0.1) is 18.6 Å². The van der Waals surface area contributed by atoms with Crippen molar-refractivity contribution in [3.8, 4) is 0 Å². The fraction of sp³-hybridized carbons (Fsp3) is 0.500. The van der Waals surface area contributed by atoms with Gasteiger partial charge in [-0.15, -0.1) is 0 Å². The molecule has 0 radical (unpaired) electrons. The van der Waals surface area contributed by atoms with E-state index in [0.29, 0.717) is 10.4 Å². The summed E-state index contributed by atoms with van der Waals surface area (Å²) in [6.45, 7) is -0.993. The van der Waals surface area contributed by atoms with E-state index in [4.69, 9.17) is 0 Å². The lowest BCUT2D eigenvalue weighted by molar-refractivity contribution is -0.142. The average molecular weight is 234 g/mol. The summed E-state index contributed by atoms with van der Waals surface area (Å²) >= 11 is 0. The summed E-state index contributed by atoms with van der Waals surface area (Å²) < 4.78 is 37.3. The minimum atomic E-state index is -4.39. The van der Waals surface area contributed by atoms with E-state index in [1.807, 2.05) is 0 Å². The molecule has 0 unspecified atom stereocenters. The van der Waals surface area contributed by atoms with E-state index in [1.54, 1.807) is 11.9 Å². The van der Waals surface area contributed by atoms with Crippen molar-refractivity contribution in [2.24, 2.45) is 0 Å². The van der Waals surface area contributed by atoms with Crippen molar-refractivity contribution in [3.63, 3.8) is 0 Å². The first-order valence-corrected chi connectivity index (χ1v) is 4.50. The molecule has 0 fully saturated rings. The highest BCUT2D eigenvalue weighted by molar-refractivity contribution is 5.99. The van der Waals surface area contributed by atoms with Crippen molar-refractivity contribution in [2.75, 3.05) is 18.6 Å². The summed E-state index contributed by atoms with van der Waals surface area (Å²) in [5.74, 6) is -0.533. The fourth-order valence-corrected chi connectivity index (χ4v) is 1.54. The van der Waals surface area contributed by atoms with Gasteiger partial charge in [-0.3, -0.25) is 4.79 Å². The van der Waals surface area contributed by atoms with Crippen LogP contribution in [0.3, 0.4) is 0 Å². The third-order valence-electron chi connectivity index (χ3n) is 2.25. The van der Waals surface area contributed by atoms with Gasteiger partial charge in [0, 0.05) is 7.05 Å². The molecule has 0 atom stereocenters. The molecule has 8 heteroatoms. The molecule has 2 rings (SSSR count). The molecular weight excluding hydrogens is 225 g/mol. The Hall–Kier alpha value is -1.73. The number of alkyl halides is 3. The molecule has 1 aliphatic rings. The molecule has 16 heavy (non-hydrogen) atoms. The Morgan fingerprint density at radius 2 is 2.25 bits per heavy atom. The molecule has 0 aromatic carbocycles. The van der Waals surface area contributed by atoms with E-state index in [1.165, 1.54) is 6.20 Å². The maximum atomic E-state index is 12.2. The predicted octanol–water partition coefficient (Wildman–Crippen LogP) is 0.582. The number of halogens is 3. The first kappa shape index (κ1) is 10.8. The first-order valence-electron chi connectivity index (χ1n) is 4.50. The van der Waals surface area contributed by atoms with E-state index in [-0.39, 0.29) is 12.4 Å². The minimum absolute atomic E-state index is 0.0499. The topological polar surface area (TPSA) is 50.2 Å². The predicted molar refractivity (Wildman–Crippen MR) is 49.0 cm³/mol. The molecule has 0 saturated carbocycles. The largest absolute Gasteiger partial charge is 0.408 e. The van der Waals surface area contributed by atoms with E-state index in [2.05, 4.69) is 10.4 Å². The number of carbonyl (C=O) groups excluding carboxylic acids is 1. The number of carbonyl (C=O) groups is 1. The van der Waals surface area contributed by atoms with Crippen LogP contribution in [0.5, 0.6) is 0 Å². The summed E-state index contributed by atoms with van der Waals surface area (Å²) in [4.78, 5) is 13.1. The lowest BCUT2D eigenvalue weighted by atomic mass is 10.3. The summed E-state index contributed by atoms with van der Waals surface area (Å²) in [6, 6.07) is 0. The van der Waals surface area contributed by atoms with Gasteiger partial charge in [0.15, 0.2) is 0 Å². The van der Waals surface area contributed by atoms with Gasteiger partial charge in [0.2, 0.25) is 0 Å². The third kappa shape index (κ3) is 1.82. The van der Waals surface area contributed by atoms with Crippen LogP contribution in [0, 0.1) is 0 Å². The Morgan fingerprint density at radius 3 is 2.88 bits per heavy atom. The second kappa shape index (κ2) is 3.39. The number of aromatic nitrogens is 2. The Bertz CT molecular complexity index is 425. The second-order valence-electron chi connectivity index (χ2n) is 3.51. The van der Waals surface area contributed by atoms with Gasteiger partial charge in [0.25, 0.3) is 5.91 Å². The van der Waals surface area contributed by atoms with Crippen LogP contribution >= 0.6 is 0 Å². The SMILES string of the molecule is CN1CNC(=O)c2c1cnn2CC(F)(F)F. The maximum Gasteiger partial charge on any atom is 0.408 e. The van der Waals surface area contributed by atoms with Crippen molar-refractivity contribution < 1.29 is 18.0 Å². The van der Waals surface area contributed by atoms with Gasteiger partial charge in [-0.1, -0.05) is 0 Å². The highest BCUT2D eigenvalue weighted by Crippen LogP contribution is 2.25. The third-order valence-corrected chi connectivity index (χ3v) is 2.25. The van der Waals surface area contributed by atoms with Crippen molar-refractivity contribution in [1.82, 2.24) is 15.1 Å². The summed E-state index contributed by atoms with van der Waals surface area (Å²) in [5, 5.41) is 6.04. The molecule has 1 aromatic heterocycles. The van der Waals surface area contributed by atoms with Crippen LogP contribution in [0.25, 0.3) is 0 Å². The quantitative estimate of drug-likeness (QED) is 0.773. The van der Waals surface area contributed by atoms with Crippen molar-refractivity contribution in [1.29, 1.82) is 0 Å². The average Bonchev–Trinajstić information content (AvgIpc) is 2.54. The number of hydrogen-bond acceptors (Lipinski definition) is 3. The molecular formula is C8H9F3N4O. The number of nitrogens with one attached hydrogen (secondary N) is 1. The zero-order chi connectivity index (χ0) is 11.9. The van der Waals surface area contributed by atoms with Gasteiger partial charge in [-0.05, 0) is 0 Å². The summed E-state index contributed by atoms with van der Waals surface area (Å²) in [6.07, 6.45) is -3.13. The van der Waals surface area contributed by atoms with Crippen LogP contribution in [-0.4, -0.2) is 35.6 Å². The van der Waals surface area contributed by atoms with Crippen LogP contribution < -0.4 is 10.2 Å². The zero-order valence-corrected chi connectivity index (χ0v) is 8.38. The second-order valence-corrected chi connectivity index (χ2v) is 3.51. The molecule has 1 amide bonds. The minimum Gasteiger partial charge on any atom is -0.354 e. The molecule has 0 aliphatic carbocycles. The van der Waals surface area contributed by atoms with Gasteiger partial charge in [0.1, 0.15) is 12.2 Å². The number of fused-ring (bicyclic) bond motifs is 1. The molecule has 0 bridgehead atoms. The number of nitrogens with zero attached hydrogens (tertiary/aromatic N) is 3. The standard InChI is InChI=1S/C8H9F3N4O/c1-14-4-12-7(16)6-5(14)2-13-15(6)3-8(9,10)11/h2H,3-4H2,1H3,(H,12,16). The Labute approximate surface area is 88.8 Å². The van der Waals surface area contributed by atoms with Crippen LogP contribution in [-0.2, 0) is 6.54 Å². The lowest BCUT2D eigenvalue weighted by Gasteiger charge is -2.25. The van der Waals surface area contributed by atoms with Crippen LogP contribution in [0.15, 0.2) is 6.20 Å². The van der Waals surface area contributed by atoms with Crippen molar-refractivity contribution in [3.05, 3.63) is 11.9 Å². The van der Waals surface area contributed by atoms with E-state index in [9.17, 15) is 18.0 Å². The van der Waals surface area contributed by atoms with Gasteiger partial charge < -0.3 is 10.2 Å². The number of rotatable bonds is 1. The van der Waals surface area contributed by atoms with Gasteiger partial charge in [-0.2, -0.15) is 18.3 Å². The van der Waals surface area contributed by atoms with E-state index in [0.717, 1.165) is 0 Å². The Kier molecular flexibility index (Phi) is 2.28. The van der Waals surface area contributed by atoms with Crippen LogP contribution in [0.2, 0.25) is 0 Å². The number of hydrogen-bond donors (Lipinski definition) is 1. The van der Waals surface area contributed by atoms with Gasteiger partial charge >= 0.3 is 6.18 Å². The molecule has 88 valence electrons. The molecule has 0 saturated heterocycles. The highest BCUT2D eigenvalue weighted by atomic mass is 19.4. The van der Waals surface area contributed by atoms with Gasteiger partial charge in [-0.25, -0.2) is 4.68 Å². The summed E-state index contributed by atoms with van der Waals surface area (Å²) in [5.41, 5.74) is 0.360. The maximum absolute atomic E-state index is 12.2. The highest BCUT2D eigenvalue weighted by Gasteiger charge is 2.33. The van der Waals surface area contributed by atoms with Crippen molar-refractivity contribution in [2.45, 2.75) is 12.7 Å². The Morgan fingerprint density at radius 1 is 1.56 bits per heavy atom. The van der Waals surface area contributed by atoms with Crippen LogP contribution in [0.1, 0.15) is 10.5 Å². The molecule has 1 aromatic rings. The zero-order valence-electron chi connectivity index (χ0n) is 8.38. The lowest BCUT2D eigenvalue weighted by Crippen LogP contribution is -2.42. The van der Waals surface area contributed by atoms with Crippen molar-refractivity contribution >= 4 is 11.6 Å². The smallest absolute Gasteiger partial charge is 0.354 e. The molecule has 1 aliphatic heterocycles. The normalized spacial score (nSPS) is 16.0. The number of anilines is 1. The molecule has 2 heterocycles. The molecule has 0 spiro atoms. The molecule has 1 N–H and O–H groups in total. The number of amides is 1. The summed E-state index contributed by atoms with van der Waals surface area (Å²) in [7, 11) is 1.66. The molecule has 5 nitrogen and oxygen atoms in total. The van der Waals surface area contributed by atoms with E-state index >= 15 is 0 Å². The van der Waals surface area contributed by atoms with E-state index < -0.39 is 18.6 Å².